The van der Waals surface area contributed by atoms with Crippen LogP contribution in [0.3, 0.4) is 0 Å². The Bertz CT molecular complexity index is 1430. The summed E-state index contributed by atoms with van der Waals surface area (Å²) in [5, 5.41) is 15.7. The topological polar surface area (TPSA) is 127 Å². The van der Waals surface area contributed by atoms with Gasteiger partial charge in [0.1, 0.15) is 11.7 Å². The maximum absolute atomic E-state index is 13.7. The monoisotopic (exact) mass is 534 g/mol. The maximum atomic E-state index is 13.7. The molecule has 7 nitrogen and oxygen atoms in total. The molecule has 0 spiro atoms. The summed E-state index contributed by atoms with van der Waals surface area (Å²) in [5.74, 6) is -0.171. The third-order valence-electron chi connectivity index (χ3n) is 5.38. The third kappa shape index (κ3) is 4.28. The number of nitrogens with one attached hydrogen (secondary N) is 2. The lowest BCUT2D eigenvalue weighted by atomic mass is 10.1. The number of rotatable bonds is 6. The summed E-state index contributed by atoms with van der Waals surface area (Å²) < 4.78 is 2.92. The lowest BCUT2D eigenvalue weighted by molar-refractivity contribution is 0.701. The SMILES string of the molecule is N=C(N)c1cccc(Cn2c(=O)n(Cc3cccc(C(=N)N)c3)c3c(Cl)c(Cl)c(Cl)c(Cl)c32)c1. The quantitative estimate of drug-likeness (QED) is 0.119. The highest BCUT2D eigenvalue weighted by Gasteiger charge is 2.24. The van der Waals surface area contributed by atoms with Gasteiger partial charge in [0.25, 0.3) is 0 Å². The predicted molar refractivity (Wildman–Crippen MR) is 139 cm³/mol. The van der Waals surface area contributed by atoms with Gasteiger partial charge < -0.3 is 11.5 Å². The number of amidine groups is 2. The molecule has 11 heteroatoms. The van der Waals surface area contributed by atoms with Crippen molar-refractivity contribution in [2.75, 3.05) is 0 Å². The summed E-state index contributed by atoms with van der Waals surface area (Å²) >= 11 is 25.8. The first-order valence-corrected chi connectivity index (χ1v) is 11.4. The van der Waals surface area contributed by atoms with E-state index in [4.69, 9.17) is 68.7 Å². The van der Waals surface area contributed by atoms with Crippen molar-refractivity contribution in [3.63, 3.8) is 0 Å². The molecule has 34 heavy (non-hydrogen) atoms. The van der Waals surface area contributed by atoms with Gasteiger partial charge in [-0.3, -0.25) is 20.0 Å². The number of fused-ring (bicyclic) bond motifs is 1. The van der Waals surface area contributed by atoms with E-state index < -0.39 is 5.69 Å². The summed E-state index contributed by atoms with van der Waals surface area (Å²) in [6, 6.07) is 14.0. The van der Waals surface area contributed by atoms with Crippen molar-refractivity contribution in [1.29, 1.82) is 10.8 Å². The molecule has 0 aliphatic heterocycles. The maximum Gasteiger partial charge on any atom is 0.329 e. The zero-order valence-electron chi connectivity index (χ0n) is 17.5. The molecule has 0 saturated heterocycles. The van der Waals surface area contributed by atoms with Gasteiger partial charge in [0.15, 0.2) is 0 Å². The third-order valence-corrected chi connectivity index (χ3v) is 7.16. The van der Waals surface area contributed by atoms with Gasteiger partial charge in [0.2, 0.25) is 0 Å². The average Bonchev–Trinajstić information content (AvgIpc) is 3.08. The highest BCUT2D eigenvalue weighted by molar-refractivity contribution is 6.55. The summed E-state index contributed by atoms with van der Waals surface area (Å²) in [4.78, 5) is 13.7. The van der Waals surface area contributed by atoms with Crippen LogP contribution < -0.4 is 17.2 Å². The zero-order valence-corrected chi connectivity index (χ0v) is 20.5. The highest BCUT2D eigenvalue weighted by Crippen LogP contribution is 2.43. The minimum absolute atomic E-state index is 0.0443. The minimum Gasteiger partial charge on any atom is -0.384 e. The summed E-state index contributed by atoms with van der Waals surface area (Å²) in [6.07, 6.45) is 0. The standard InChI is InChI=1S/C23H18Cl4N6O/c24-15-16(25)18(27)20-19(17(15)26)32(9-11-3-1-5-13(7-11)21(28)29)23(34)33(20)10-12-4-2-6-14(8-12)22(30)31/h1-8H,9-10H2,(H3,28,29)(H3,30,31). The van der Waals surface area contributed by atoms with Gasteiger partial charge in [-0.25, -0.2) is 4.79 Å². The molecule has 174 valence electrons. The molecule has 0 fully saturated rings. The lowest BCUT2D eigenvalue weighted by Gasteiger charge is -2.10. The Morgan fingerprint density at radius 1 is 0.706 bits per heavy atom. The van der Waals surface area contributed by atoms with E-state index in [-0.39, 0.29) is 44.9 Å². The Labute approximate surface area is 214 Å². The van der Waals surface area contributed by atoms with E-state index in [9.17, 15) is 4.79 Å². The van der Waals surface area contributed by atoms with Crippen LogP contribution in [0.25, 0.3) is 11.0 Å². The molecule has 0 atom stereocenters. The number of halogens is 4. The van der Waals surface area contributed by atoms with Crippen LogP contribution in [0.2, 0.25) is 20.1 Å². The Morgan fingerprint density at radius 3 is 1.44 bits per heavy atom. The fourth-order valence-corrected chi connectivity index (χ4v) is 4.81. The van der Waals surface area contributed by atoms with Crippen molar-refractivity contribution in [3.8, 4) is 0 Å². The first kappa shape index (κ1) is 24.2. The Kier molecular flexibility index (Phi) is 6.64. The molecule has 0 saturated carbocycles. The molecule has 4 rings (SSSR count). The predicted octanol–water partition coefficient (Wildman–Crippen LogP) is 5.08. The number of hydrogen-bond acceptors (Lipinski definition) is 3. The Morgan fingerprint density at radius 2 is 1.09 bits per heavy atom. The molecule has 1 aromatic heterocycles. The van der Waals surface area contributed by atoms with Crippen LogP contribution in [0.1, 0.15) is 22.3 Å². The molecule has 0 amide bonds. The van der Waals surface area contributed by atoms with Crippen molar-refractivity contribution < 1.29 is 0 Å². The second-order valence-corrected chi connectivity index (χ2v) is 9.15. The van der Waals surface area contributed by atoms with Crippen molar-refractivity contribution in [2.24, 2.45) is 11.5 Å². The molecule has 1 heterocycles. The van der Waals surface area contributed by atoms with Crippen molar-refractivity contribution in [1.82, 2.24) is 9.13 Å². The van der Waals surface area contributed by atoms with E-state index in [2.05, 4.69) is 0 Å². The van der Waals surface area contributed by atoms with Crippen LogP contribution in [0.15, 0.2) is 53.3 Å². The number of nitrogen functional groups attached to an aromatic ring is 2. The van der Waals surface area contributed by atoms with Crippen LogP contribution >= 0.6 is 46.4 Å². The van der Waals surface area contributed by atoms with Gasteiger partial charge in [-0.1, -0.05) is 82.8 Å². The first-order chi connectivity index (χ1) is 16.1. The highest BCUT2D eigenvalue weighted by atomic mass is 35.5. The van der Waals surface area contributed by atoms with E-state index in [1.54, 1.807) is 36.4 Å². The number of nitrogens with two attached hydrogens (primary N) is 2. The van der Waals surface area contributed by atoms with E-state index in [0.29, 0.717) is 22.2 Å². The Hall–Kier alpha value is -2.97. The van der Waals surface area contributed by atoms with Gasteiger partial charge in [-0.05, 0) is 23.3 Å². The van der Waals surface area contributed by atoms with Crippen molar-refractivity contribution in [3.05, 3.63) is 101 Å². The van der Waals surface area contributed by atoms with Crippen molar-refractivity contribution in [2.45, 2.75) is 13.1 Å². The molecule has 0 bridgehead atoms. The zero-order chi connectivity index (χ0) is 24.7. The Balaban J connectivity index is 1.95. The lowest BCUT2D eigenvalue weighted by Crippen LogP contribution is -2.25. The molecule has 4 aromatic rings. The molecule has 0 radical (unpaired) electrons. The molecule has 3 aromatic carbocycles. The fourth-order valence-electron chi connectivity index (χ4n) is 3.77. The van der Waals surface area contributed by atoms with Crippen LogP contribution in [-0.4, -0.2) is 20.8 Å². The average molecular weight is 536 g/mol. The van der Waals surface area contributed by atoms with Gasteiger partial charge in [0.05, 0.1) is 44.2 Å². The van der Waals surface area contributed by atoms with E-state index >= 15 is 0 Å². The molecule has 0 aliphatic rings. The number of nitrogens with zero attached hydrogens (tertiary/aromatic N) is 2. The van der Waals surface area contributed by atoms with Crippen molar-refractivity contribution >= 4 is 69.1 Å². The van der Waals surface area contributed by atoms with Crippen LogP contribution in [0.4, 0.5) is 0 Å². The molecule has 0 unspecified atom stereocenters. The summed E-state index contributed by atoms with van der Waals surface area (Å²) in [5.41, 5.74) is 14.0. The van der Waals surface area contributed by atoms with Gasteiger partial charge in [0, 0.05) is 11.1 Å². The molecular weight excluding hydrogens is 518 g/mol. The molecular formula is C23H18Cl4N6O. The number of imidazole rings is 1. The summed E-state index contributed by atoms with van der Waals surface area (Å²) in [7, 11) is 0. The van der Waals surface area contributed by atoms with Crippen LogP contribution in [0.5, 0.6) is 0 Å². The van der Waals surface area contributed by atoms with E-state index in [1.807, 2.05) is 12.1 Å². The first-order valence-electron chi connectivity index (χ1n) is 9.91. The molecule has 6 N–H and O–H groups in total. The number of hydrogen-bond donors (Lipinski definition) is 4. The fraction of sp³-hybridized carbons (Fsp3) is 0.0870. The molecule has 0 aliphatic carbocycles. The number of benzene rings is 3. The second-order valence-electron chi connectivity index (χ2n) is 7.64. The smallest absolute Gasteiger partial charge is 0.329 e. The van der Waals surface area contributed by atoms with E-state index in [1.165, 1.54) is 9.13 Å². The second kappa shape index (κ2) is 9.35. The summed E-state index contributed by atoms with van der Waals surface area (Å²) in [6.45, 7) is 0.260. The van der Waals surface area contributed by atoms with Gasteiger partial charge >= 0.3 is 5.69 Å². The normalized spacial score (nSPS) is 11.2. The van der Waals surface area contributed by atoms with Gasteiger partial charge in [-0.15, -0.1) is 0 Å². The van der Waals surface area contributed by atoms with E-state index in [0.717, 1.165) is 11.1 Å². The van der Waals surface area contributed by atoms with Crippen LogP contribution in [0, 0.1) is 10.8 Å². The van der Waals surface area contributed by atoms with Gasteiger partial charge in [-0.2, -0.15) is 0 Å². The largest absolute Gasteiger partial charge is 0.384 e. The minimum atomic E-state index is -0.390. The van der Waals surface area contributed by atoms with Crippen LogP contribution in [-0.2, 0) is 13.1 Å². The number of aromatic nitrogens is 2.